The van der Waals surface area contributed by atoms with E-state index in [2.05, 4.69) is 21.2 Å². The Morgan fingerprint density at radius 3 is 2.95 bits per heavy atom. The fraction of sp³-hybridized carbons (Fsp3) is 0.267. The quantitative estimate of drug-likeness (QED) is 0.820. The largest absolute Gasteiger partial charge is 0.497 e. The summed E-state index contributed by atoms with van der Waals surface area (Å²) in [5.41, 5.74) is 0.514. The normalized spacial score (nSPS) is 12.0. The molecular weight excluding hydrogens is 354 g/mol. The van der Waals surface area contributed by atoms with Crippen molar-refractivity contribution >= 4 is 33.2 Å². The summed E-state index contributed by atoms with van der Waals surface area (Å²) < 4.78 is 5.82. The topological polar surface area (TPSA) is 58.6 Å². The number of hydrogen-bond donors (Lipinski definition) is 2. The minimum atomic E-state index is -0.543. The standard InChI is InChI=1S/C15H16BrNO3S/c1-20-10-4-5-12(16)11(9-10)15(19)17-7-6-13(18)14-3-2-8-21-14/h2-5,8-9,13,18H,6-7H2,1H3,(H,17,19)/t13-/m1/s1. The molecule has 2 N–H and O–H groups in total. The van der Waals surface area contributed by atoms with E-state index in [0.29, 0.717) is 28.8 Å². The summed E-state index contributed by atoms with van der Waals surface area (Å²) in [6, 6.07) is 9.01. The number of carbonyl (C=O) groups is 1. The number of amides is 1. The summed E-state index contributed by atoms with van der Waals surface area (Å²) in [6.07, 6.45) is -0.0625. The second kappa shape index (κ2) is 7.59. The Kier molecular flexibility index (Phi) is 5.78. The van der Waals surface area contributed by atoms with Gasteiger partial charge in [0, 0.05) is 15.9 Å². The average molecular weight is 370 g/mol. The summed E-state index contributed by atoms with van der Waals surface area (Å²) in [6.45, 7) is 0.404. The molecule has 0 saturated heterocycles. The number of ether oxygens (including phenoxy) is 1. The molecule has 112 valence electrons. The second-order valence-electron chi connectivity index (χ2n) is 4.42. The van der Waals surface area contributed by atoms with Crippen LogP contribution in [0.25, 0.3) is 0 Å². The minimum absolute atomic E-state index is 0.195. The molecule has 0 saturated carbocycles. The number of benzene rings is 1. The molecule has 6 heteroatoms. The highest BCUT2D eigenvalue weighted by Gasteiger charge is 2.13. The average Bonchev–Trinajstić information content (AvgIpc) is 3.01. The number of methoxy groups -OCH3 is 1. The lowest BCUT2D eigenvalue weighted by atomic mass is 10.2. The van der Waals surface area contributed by atoms with E-state index in [1.807, 2.05) is 17.5 Å². The molecule has 2 rings (SSSR count). The van der Waals surface area contributed by atoms with Gasteiger partial charge in [-0.15, -0.1) is 11.3 Å². The zero-order valence-electron chi connectivity index (χ0n) is 11.5. The summed E-state index contributed by atoms with van der Waals surface area (Å²) >= 11 is 4.86. The van der Waals surface area contributed by atoms with E-state index in [4.69, 9.17) is 4.74 Å². The van der Waals surface area contributed by atoms with Crippen molar-refractivity contribution < 1.29 is 14.6 Å². The highest BCUT2D eigenvalue weighted by Crippen LogP contribution is 2.23. The number of thiophene rings is 1. The number of nitrogens with one attached hydrogen (secondary N) is 1. The monoisotopic (exact) mass is 369 g/mol. The maximum absolute atomic E-state index is 12.1. The van der Waals surface area contributed by atoms with Gasteiger partial charge >= 0.3 is 0 Å². The molecule has 21 heavy (non-hydrogen) atoms. The lowest BCUT2D eigenvalue weighted by molar-refractivity contribution is 0.0942. The third kappa shape index (κ3) is 4.30. The first-order valence-electron chi connectivity index (χ1n) is 6.45. The van der Waals surface area contributed by atoms with Gasteiger partial charge in [0.25, 0.3) is 5.91 Å². The summed E-state index contributed by atoms with van der Waals surface area (Å²) in [5, 5.41) is 14.7. The summed E-state index contributed by atoms with van der Waals surface area (Å²) in [7, 11) is 1.56. The van der Waals surface area contributed by atoms with Crippen LogP contribution in [0.1, 0.15) is 27.8 Å². The van der Waals surface area contributed by atoms with Crippen LogP contribution in [0.2, 0.25) is 0 Å². The van der Waals surface area contributed by atoms with Crippen LogP contribution in [-0.2, 0) is 0 Å². The van der Waals surface area contributed by atoms with Crippen molar-refractivity contribution in [3.05, 3.63) is 50.6 Å². The molecule has 0 fully saturated rings. The minimum Gasteiger partial charge on any atom is -0.497 e. The first-order chi connectivity index (χ1) is 10.1. The zero-order chi connectivity index (χ0) is 15.2. The maximum atomic E-state index is 12.1. The molecular formula is C15H16BrNO3S. The van der Waals surface area contributed by atoms with Crippen molar-refractivity contribution in [1.29, 1.82) is 0 Å². The van der Waals surface area contributed by atoms with Gasteiger partial charge in [-0.2, -0.15) is 0 Å². The number of halogens is 1. The van der Waals surface area contributed by atoms with Gasteiger partial charge in [0.2, 0.25) is 0 Å². The van der Waals surface area contributed by atoms with E-state index in [1.165, 1.54) is 11.3 Å². The molecule has 0 aliphatic carbocycles. The van der Waals surface area contributed by atoms with Gasteiger partial charge in [0.05, 0.1) is 18.8 Å². The number of aliphatic hydroxyl groups excluding tert-OH is 1. The van der Waals surface area contributed by atoms with E-state index in [-0.39, 0.29) is 5.91 Å². The predicted octanol–water partition coefficient (Wildman–Crippen LogP) is 3.37. The molecule has 1 atom stereocenters. The van der Waals surface area contributed by atoms with Crippen molar-refractivity contribution in [2.24, 2.45) is 0 Å². The van der Waals surface area contributed by atoms with Crippen LogP contribution < -0.4 is 10.1 Å². The molecule has 1 aromatic heterocycles. The highest BCUT2D eigenvalue weighted by atomic mass is 79.9. The van der Waals surface area contributed by atoms with E-state index < -0.39 is 6.10 Å². The molecule has 0 unspecified atom stereocenters. The molecule has 1 heterocycles. The third-order valence-corrected chi connectivity index (χ3v) is 4.66. The van der Waals surface area contributed by atoms with Crippen molar-refractivity contribution in [3.63, 3.8) is 0 Å². The molecule has 2 aromatic rings. The van der Waals surface area contributed by atoms with Crippen LogP contribution >= 0.6 is 27.3 Å². The van der Waals surface area contributed by atoms with Gasteiger partial charge < -0.3 is 15.2 Å². The van der Waals surface area contributed by atoms with E-state index in [1.54, 1.807) is 25.3 Å². The van der Waals surface area contributed by atoms with E-state index >= 15 is 0 Å². The number of hydrogen-bond acceptors (Lipinski definition) is 4. The van der Waals surface area contributed by atoms with E-state index in [0.717, 1.165) is 4.88 Å². The Labute approximate surface area is 135 Å². The van der Waals surface area contributed by atoms with Gasteiger partial charge in [-0.05, 0) is 52.0 Å². The first kappa shape index (κ1) is 16.0. The van der Waals surface area contributed by atoms with Crippen molar-refractivity contribution in [3.8, 4) is 5.75 Å². The van der Waals surface area contributed by atoms with Crippen molar-refractivity contribution in [1.82, 2.24) is 5.32 Å². The van der Waals surface area contributed by atoms with Crippen LogP contribution in [0.3, 0.4) is 0 Å². The molecule has 0 spiro atoms. The predicted molar refractivity (Wildman–Crippen MR) is 86.9 cm³/mol. The van der Waals surface area contributed by atoms with Gasteiger partial charge in [0.15, 0.2) is 0 Å². The number of rotatable bonds is 6. The number of carbonyl (C=O) groups excluding carboxylic acids is 1. The van der Waals surface area contributed by atoms with Crippen LogP contribution in [-0.4, -0.2) is 24.7 Å². The Bertz CT molecular complexity index is 601. The van der Waals surface area contributed by atoms with E-state index in [9.17, 15) is 9.90 Å². The van der Waals surface area contributed by atoms with Crippen molar-refractivity contribution in [2.45, 2.75) is 12.5 Å². The van der Waals surface area contributed by atoms with Crippen LogP contribution in [0.4, 0.5) is 0 Å². The molecule has 0 aliphatic heterocycles. The molecule has 1 aromatic carbocycles. The Morgan fingerprint density at radius 2 is 2.29 bits per heavy atom. The Hall–Kier alpha value is -1.37. The fourth-order valence-electron chi connectivity index (χ4n) is 1.85. The van der Waals surface area contributed by atoms with Crippen LogP contribution in [0, 0.1) is 0 Å². The van der Waals surface area contributed by atoms with Crippen LogP contribution in [0.5, 0.6) is 5.75 Å². The lowest BCUT2D eigenvalue weighted by Crippen LogP contribution is -2.25. The van der Waals surface area contributed by atoms with Crippen molar-refractivity contribution in [2.75, 3.05) is 13.7 Å². The Morgan fingerprint density at radius 1 is 1.48 bits per heavy atom. The molecule has 0 aliphatic rings. The van der Waals surface area contributed by atoms with Gasteiger partial charge in [-0.3, -0.25) is 4.79 Å². The molecule has 1 amide bonds. The molecule has 0 bridgehead atoms. The Balaban J connectivity index is 1.90. The summed E-state index contributed by atoms with van der Waals surface area (Å²) in [5.74, 6) is 0.432. The van der Waals surface area contributed by atoms with Gasteiger partial charge in [-0.25, -0.2) is 0 Å². The molecule has 4 nitrogen and oxygen atoms in total. The molecule has 0 radical (unpaired) electrons. The summed E-state index contributed by atoms with van der Waals surface area (Å²) in [4.78, 5) is 13.0. The van der Waals surface area contributed by atoms with Gasteiger partial charge in [0.1, 0.15) is 5.75 Å². The zero-order valence-corrected chi connectivity index (χ0v) is 13.9. The first-order valence-corrected chi connectivity index (χ1v) is 8.12. The third-order valence-electron chi connectivity index (χ3n) is 2.99. The van der Waals surface area contributed by atoms with Crippen LogP contribution in [0.15, 0.2) is 40.2 Å². The number of aliphatic hydroxyl groups is 1. The highest BCUT2D eigenvalue weighted by molar-refractivity contribution is 9.10. The SMILES string of the molecule is COc1ccc(Br)c(C(=O)NCC[C@@H](O)c2cccs2)c1. The van der Waals surface area contributed by atoms with Gasteiger partial charge in [-0.1, -0.05) is 6.07 Å². The fourth-order valence-corrected chi connectivity index (χ4v) is 3.02. The smallest absolute Gasteiger partial charge is 0.252 e. The maximum Gasteiger partial charge on any atom is 0.252 e. The lowest BCUT2D eigenvalue weighted by Gasteiger charge is -2.11. The second-order valence-corrected chi connectivity index (χ2v) is 6.26.